The lowest BCUT2D eigenvalue weighted by Crippen LogP contribution is -2.20. The second-order valence-electron chi connectivity index (χ2n) is 4.08. The molecule has 0 aliphatic heterocycles. The highest BCUT2D eigenvalue weighted by Crippen LogP contribution is 2.27. The molecule has 2 nitrogen and oxygen atoms in total. The molecule has 84 valence electrons. The van der Waals surface area contributed by atoms with Gasteiger partial charge in [-0.25, -0.2) is 0 Å². The monoisotopic (exact) mass is 207 g/mol. The van der Waals surface area contributed by atoms with E-state index in [0.29, 0.717) is 0 Å². The second kappa shape index (κ2) is 6.44. The summed E-state index contributed by atoms with van der Waals surface area (Å²) in [6, 6.07) is 0. The predicted molar refractivity (Wildman–Crippen MR) is 63.6 cm³/mol. The van der Waals surface area contributed by atoms with Gasteiger partial charge in [0.25, 0.3) is 0 Å². The van der Waals surface area contributed by atoms with Gasteiger partial charge >= 0.3 is 0 Å². The molecule has 1 amide bonds. The highest BCUT2D eigenvalue weighted by Gasteiger charge is 2.08. The lowest BCUT2D eigenvalue weighted by atomic mass is 9.90. The summed E-state index contributed by atoms with van der Waals surface area (Å²) in [7, 11) is 0. The number of carbonyl (C=O) groups is 1. The first kappa shape index (κ1) is 12.0. The summed E-state index contributed by atoms with van der Waals surface area (Å²) >= 11 is 0. The molecule has 1 fully saturated rings. The molecule has 0 bridgehead atoms. The molecule has 0 heterocycles. The average molecular weight is 207 g/mol. The number of allylic oxidation sites excluding steroid dienone is 3. The largest absolute Gasteiger partial charge is 0.356 e. The van der Waals surface area contributed by atoms with Crippen LogP contribution >= 0.6 is 0 Å². The Labute approximate surface area is 92.4 Å². The Hall–Kier alpha value is -1.05. The molecule has 0 aromatic heterocycles. The third-order valence-corrected chi connectivity index (χ3v) is 2.89. The number of hydrogen-bond acceptors (Lipinski definition) is 1. The van der Waals surface area contributed by atoms with Gasteiger partial charge in [0.2, 0.25) is 5.91 Å². The molecule has 0 radical (unpaired) electrons. The fraction of sp³-hybridized carbons (Fsp3) is 0.615. The van der Waals surface area contributed by atoms with Crippen molar-refractivity contribution >= 4 is 5.91 Å². The molecule has 1 rings (SSSR count). The Morgan fingerprint density at radius 3 is 2.40 bits per heavy atom. The van der Waals surface area contributed by atoms with Crippen LogP contribution in [-0.4, -0.2) is 12.5 Å². The number of nitrogens with one attached hydrogen (secondary N) is 1. The molecule has 0 saturated heterocycles. The summed E-state index contributed by atoms with van der Waals surface area (Å²) in [5, 5.41) is 2.81. The molecule has 15 heavy (non-hydrogen) atoms. The van der Waals surface area contributed by atoms with Crippen molar-refractivity contribution in [2.45, 2.75) is 46.0 Å². The van der Waals surface area contributed by atoms with E-state index in [0.717, 1.165) is 13.0 Å². The van der Waals surface area contributed by atoms with Crippen LogP contribution < -0.4 is 5.32 Å². The van der Waals surface area contributed by atoms with Crippen LogP contribution in [0.5, 0.6) is 0 Å². The fourth-order valence-corrected chi connectivity index (χ4v) is 1.91. The van der Waals surface area contributed by atoms with Crippen LogP contribution in [-0.2, 0) is 4.79 Å². The minimum Gasteiger partial charge on any atom is -0.356 e. The maximum absolute atomic E-state index is 10.6. The van der Waals surface area contributed by atoms with Gasteiger partial charge < -0.3 is 5.32 Å². The van der Waals surface area contributed by atoms with E-state index in [1.165, 1.54) is 25.7 Å². The Kier molecular flexibility index (Phi) is 5.16. The van der Waals surface area contributed by atoms with Gasteiger partial charge in [0, 0.05) is 13.5 Å². The van der Waals surface area contributed by atoms with E-state index in [9.17, 15) is 4.79 Å². The van der Waals surface area contributed by atoms with Gasteiger partial charge in [0.05, 0.1) is 0 Å². The van der Waals surface area contributed by atoms with Gasteiger partial charge in [0.15, 0.2) is 0 Å². The van der Waals surface area contributed by atoms with E-state index < -0.39 is 0 Å². The van der Waals surface area contributed by atoms with Crippen LogP contribution in [0.2, 0.25) is 0 Å². The molecule has 1 saturated carbocycles. The predicted octanol–water partition coefficient (Wildman–Crippen LogP) is 2.96. The summed E-state index contributed by atoms with van der Waals surface area (Å²) in [6.07, 6.45) is 10.4. The smallest absolute Gasteiger partial charge is 0.216 e. The lowest BCUT2D eigenvalue weighted by Gasteiger charge is -2.17. The van der Waals surface area contributed by atoms with Crippen molar-refractivity contribution in [1.82, 2.24) is 5.32 Å². The topological polar surface area (TPSA) is 29.1 Å². The van der Waals surface area contributed by atoms with E-state index in [2.05, 4.69) is 24.4 Å². The zero-order valence-corrected chi connectivity index (χ0v) is 9.81. The molecule has 0 aromatic carbocycles. The van der Waals surface area contributed by atoms with Crippen molar-refractivity contribution in [2.24, 2.45) is 0 Å². The summed E-state index contributed by atoms with van der Waals surface area (Å²) < 4.78 is 0. The molecule has 1 aliphatic carbocycles. The Balaban J connectivity index is 2.21. The Morgan fingerprint density at radius 2 is 1.87 bits per heavy atom. The minimum atomic E-state index is 0.0632. The first-order chi connectivity index (χ1) is 7.22. The van der Waals surface area contributed by atoms with Crippen molar-refractivity contribution in [3.05, 3.63) is 23.3 Å². The number of hydrogen-bond donors (Lipinski definition) is 1. The highest BCUT2D eigenvalue weighted by molar-refractivity contribution is 5.72. The summed E-state index contributed by atoms with van der Waals surface area (Å²) in [5.41, 5.74) is 3.15. The van der Waals surface area contributed by atoms with E-state index in [1.54, 1.807) is 18.1 Å². The Bertz CT molecular complexity index is 264. The van der Waals surface area contributed by atoms with Crippen LogP contribution in [0.4, 0.5) is 0 Å². The molecule has 1 aliphatic rings. The van der Waals surface area contributed by atoms with Crippen LogP contribution in [0.15, 0.2) is 23.3 Å². The van der Waals surface area contributed by atoms with Gasteiger partial charge in [-0.3, -0.25) is 4.79 Å². The quantitative estimate of drug-likeness (QED) is 0.559. The summed E-state index contributed by atoms with van der Waals surface area (Å²) in [6.45, 7) is 4.46. The fourth-order valence-electron chi connectivity index (χ4n) is 1.91. The highest BCUT2D eigenvalue weighted by atomic mass is 16.1. The van der Waals surface area contributed by atoms with Gasteiger partial charge in [-0.05, 0) is 39.0 Å². The molecular formula is C13H21NO. The molecule has 2 heteroatoms. The second-order valence-corrected chi connectivity index (χ2v) is 4.08. The third kappa shape index (κ3) is 4.82. The van der Waals surface area contributed by atoms with Gasteiger partial charge in [-0.2, -0.15) is 0 Å². The molecular weight excluding hydrogens is 186 g/mol. The van der Waals surface area contributed by atoms with Crippen molar-refractivity contribution in [3.63, 3.8) is 0 Å². The van der Waals surface area contributed by atoms with Crippen LogP contribution in [0.25, 0.3) is 0 Å². The van der Waals surface area contributed by atoms with Crippen molar-refractivity contribution in [2.75, 3.05) is 6.54 Å². The first-order valence-electron chi connectivity index (χ1n) is 5.78. The van der Waals surface area contributed by atoms with Gasteiger partial charge in [-0.1, -0.05) is 23.3 Å². The van der Waals surface area contributed by atoms with Crippen LogP contribution in [0.1, 0.15) is 46.0 Å². The minimum absolute atomic E-state index is 0.0632. The maximum Gasteiger partial charge on any atom is 0.216 e. The molecule has 0 unspecified atom stereocenters. The Morgan fingerprint density at radius 1 is 1.27 bits per heavy atom. The average Bonchev–Trinajstić information content (AvgIpc) is 2.25. The van der Waals surface area contributed by atoms with E-state index >= 15 is 0 Å². The summed E-state index contributed by atoms with van der Waals surface area (Å²) in [4.78, 5) is 10.6. The van der Waals surface area contributed by atoms with Crippen molar-refractivity contribution < 1.29 is 4.79 Å². The van der Waals surface area contributed by atoms with Gasteiger partial charge in [-0.15, -0.1) is 0 Å². The molecule has 0 aromatic rings. The van der Waals surface area contributed by atoms with E-state index in [1.807, 2.05) is 0 Å². The lowest BCUT2D eigenvalue weighted by molar-refractivity contribution is -0.118. The normalized spacial score (nSPS) is 16.1. The van der Waals surface area contributed by atoms with E-state index in [-0.39, 0.29) is 5.91 Å². The third-order valence-electron chi connectivity index (χ3n) is 2.89. The van der Waals surface area contributed by atoms with Crippen LogP contribution in [0, 0.1) is 0 Å². The maximum atomic E-state index is 10.6. The standard InChI is InChI=1S/C13H21NO/c1-3-12-6-8-13(9-7-12)5-4-10-14-11(2)15/h3,5H,4,6-10H2,1-2H3,(H,14,15). The number of rotatable bonds is 3. The van der Waals surface area contributed by atoms with Gasteiger partial charge in [0.1, 0.15) is 0 Å². The van der Waals surface area contributed by atoms with Crippen molar-refractivity contribution in [1.29, 1.82) is 0 Å². The summed E-state index contributed by atoms with van der Waals surface area (Å²) in [5.74, 6) is 0.0632. The first-order valence-corrected chi connectivity index (χ1v) is 5.78. The zero-order valence-electron chi connectivity index (χ0n) is 9.81. The SMILES string of the molecule is CC=C1CCC(=CCCNC(C)=O)CC1. The molecule has 0 spiro atoms. The number of amides is 1. The zero-order chi connectivity index (χ0) is 11.1. The molecule has 0 atom stereocenters. The van der Waals surface area contributed by atoms with E-state index in [4.69, 9.17) is 0 Å². The van der Waals surface area contributed by atoms with Crippen molar-refractivity contribution in [3.8, 4) is 0 Å². The molecule has 1 N–H and O–H groups in total. The number of carbonyl (C=O) groups excluding carboxylic acids is 1. The van der Waals surface area contributed by atoms with Crippen LogP contribution in [0.3, 0.4) is 0 Å².